The number of benzene rings is 2. The number of likely N-dealkylation sites (N-methyl/N-ethyl adjacent to an activating group) is 1. The molecule has 1 fully saturated rings. The monoisotopic (exact) mass is 351 g/mol. The van der Waals surface area contributed by atoms with Gasteiger partial charge in [0.1, 0.15) is 0 Å². The van der Waals surface area contributed by atoms with Gasteiger partial charge < -0.3 is 15.1 Å². The van der Waals surface area contributed by atoms with Gasteiger partial charge in [-0.15, -0.1) is 0 Å². The Labute approximate surface area is 154 Å². The first kappa shape index (κ1) is 17.0. The van der Waals surface area contributed by atoms with Gasteiger partial charge in [-0.05, 0) is 49.5 Å². The molecule has 2 aromatic carbocycles. The van der Waals surface area contributed by atoms with E-state index < -0.39 is 0 Å². The highest BCUT2D eigenvalue weighted by molar-refractivity contribution is 6.06. The highest BCUT2D eigenvalue weighted by Crippen LogP contribution is 2.35. The third-order valence-corrected chi connectivity index (χ3v) is 5.54. The second-order valence-electron chi connectivity index (χ2n) is 7.65. The molecule has 1 N–H and O–H groups in total. The van der Waals surface area contributed by atoms with E-state index in [4.69, 9.17) is 0 Å². The van der Waals surface area contributed by atoms with E-state index in [9.17, 15) is 9.59 Å². The highest BCUT2D eigenvalue weighted by atomic mass is 16.2. The van der Waals surface area contributed by atoms with E-state index in [1.165, 1.54) is 16.5 Å². The number of amides is 2. The van der Waals surface area contributed by atoms with Gasteiger partial charge in [0, 0.05) is 37.1 Å². The molecule has 1 aliphatic heterocycles. The fraction of sp³-hybridized carbons (Fsp3) is 0.429. The number of nitrogens with zero attached hydrogens (tertiary/aromatic N) is 2. The van der Waals surface area contributed by atoms with Gasteiger partial charge in [0.2, 0.25) is 11.8 Å². The van der Waals surface area contributed by atoms with Crippen molar-refractivity contribution < 1.29 is 9.59 Å². The van der Waals surface area contributed by atoms with E-state index in [0.29, 0.717) is 19.5 Å². The van der Waals surface area contributed by atoms with E-state index in [0.717, 1.165) is 30.5 Å². The van der Waals surface area contributed by atoms with E-state index in [1.807, 2.05) is 25.1 Å². The van der Waals surface area contributed by atoms with Crippen LogP contribution in [0.15, 0.2) is 30.3 Å². The summed E-state index contributed by atoms with van der Waals surface area (Å²) in [5, 5.41) is 5.49. The third-order valence-electron chi connectivity index (χ3n) is 5.54. The molecule has 1 heterocycles. The van der Waals surface area contributed by atoms with Crippen molar-refractivity contribution in [1.29, 1.82) is 0 Å². The molecule has 136 valence electrons. The summed E-state index contributed by atoms with van der Waals surface area (Å²) in [4.78, 5) is 28.8. The molecule has 2 aromatic rings. The number of carbonyl (C=O) groups is 2. The lowest BCUT2D eigenvalue weighted by Gasteiger charge is -2.19. The zero-order valence-corrected chi connectivity index (χ0v) is 15.4. The standard InChI is InChI=1S/C21H25N3O2/c1-23(2)10-11-24-13-16(12-19(24)25)21(26)22-18-9-8-15-7-6-14-4-3-5-17(18)20(14)15/h3-5,8-9,16H,6-7,10-13H2,1-2H3,(H,22,26). The molecule has 0 spiro atoms. The SMILES string of the molecule is CN(C)CCN1CC(C(=O)Nc2ccc3c4c(cccc24)CC3)CC1=O. The topological polar surface area (TPSA) is 52.6 Å². The molecule has 2 amide bonds. The largest absolute Gasteiger partial charge is 0.341 e. The number of hydrogen-bond donors (Lipinski definition) is 1. The summed E-state index contributed by atoms with van der Waals surface area (Å²) in [6.07, 6.45) is 2.45. The lowest BCUT2D eigenvalue weighted by Crippen LogP contribution is -2.34. The van der Waals surface area contributed by atoms with Gasteiger partial charge in [0.15, 0.2) is 0 Å². The first-order valence-corrected chi connectivity index (χ1v) is 9.30. The summed E-state index contributed by atoms with van der Waals surface area (Å²) in [6.45, 7) is 2.01. The summed E-state index contributed by atoms with van der Waals surface area (Å²) >= 11 is 0. The summed E-state index contributed by atoms with van der Waals surface area (Å²) in [7, 11) is 3.97. The minimum Gasteiger partial charge on any atom is -0.341 e. The number of aryl methyl sites for hydroxylation is 2. The molecule has 1 atom stereocenters. The Bertz CT molecular complexity index is 865. The molecule has 0 bridgehead atoms. The second kappa shape index (κ2) is 6.72. The molecule has 2 aliphatic rings. The van der Waals surface area contributed by atoms with Crippen molar-refractivity contribution in [3.05, 3.63) is 41.5 Å². The number of hydrogen-bond acceptors (Lipinski definition) is 3. The van der Waals surface area contributed by atoms with Crippen molar-refractivity contribution in [2.45, 2.75) is 19.3 Å². The summed E-state index contributed by atoms with van der Waals surface area (Å²) in [5.74, 6) is -0.246. The Morgan fingerprint density at radius 3 is 2.73 bits per heavy atom. The molecule has 5 heteroatoms. The van der Waals surface area contributed by atoms with Gasteiger partial charge >= 0.3 is 0 Å². The van der Waals surface area contributed by atoms with Crippen LogP contribution in [0.4, 0.5) is 5.69 Å². The van der Waals surface area contributed by atoms with Gasteiger partial charge in [0.25, 0.3) is 0 Å². The Morgan fingerprint density at radius 1 is 1.19 bits per heavy atom. The van der Waals surface area contributed by atoms with Crippen LogP contribution in [0, 0.1) is 5.92 Å². The fourth-order valence-corrected chi connectivity index (χ4v) is 4.08. The van der Waals surface area contributed by atoms with Crippen molar-refractivity contribution in [2.24, 2.45) is 5.92 Å². The minimum atomic E-state index is -0.271. The number of anilines is 1. The molecule has 0 radical (unpaired) electrons. The van der Waals surface area contributed by atoms with E-state index in [1.54, 1.807) is 4.90 Å². The Hall–Kier alpha value is -2.40. The van der Waals surface area contributed by atoms with Crippen LogP contribution < -0.4 is 5.32 Å². The zero-order chi connectivity index (χ0) is 18.3. The van der Waals surface area contributed by atoms with Gasteiger partial charge in [-0.3, -0.25) is 9.59 Å². The van der Waals surface area contributed by atoms with E-state index in [-0.39, 0.29) is 17.7 Å². The molecule has 26 heavy (non-hydrogen) atoms. The minimum absolute atomic E-state index is 0.0515. The quantitative estimate of drug-likeness (QED) is 0.899. The van der Waals surface area contributed by atoms with Crippen molar-refractivity contribution in [3.63, 3.8) is 0 Å². The van der Waals surface area contributed by atoms with Crippen LogP contribution >= 0.6 is 0 Å². The van der Waals surface area contributed by atoms with Crippen molar-refractivity contribution in [1.82, 2.24) is 9.80 Å². The van der Waals surface area contributed by atoms with Crippen LogP contribution in [0.5, 0.6) is 0 Å². The zero-order valence-electron chi connectivity index (χ0n) is 15.4. The van der Waals surface area contributed by atoms with Crippen LogP contribution in [0.3, 0.4) is 0 Å². The normalized spacial score (nSPS) is 19.0. The fourth-order valence-electron chi connectivity index (χ4n) is 4.08. The maximum atomic E-state index is 12.8. The number of likely N-dealkylation sites (tertiary alicyclic amines) is 1. The van der Waals surface area contributed by atoms with Gasteiger partial charge in [0.05, 0.1) is 5.92 Å². The average molecular weight is 351 g/mol. The molecule has 0 aromatic heterocycles. The van der Waals surface area contributed by atoms with E-state index in [2.05, 4.69) is 29.6 Å². The third kappa shape index (κ3) is 3.07. The lowest BCUT2D eigenvalue weighted by molar-refractivity contribution is -0.128. The maximum absolute atomic E-state index is 12.8. The molecule has 5 nitrogen and oxygen atoms in total. The van der Waals surface area contributed by atoms with Crippen molar-refractivity contribution in [3.8, 4) is 0 Å². The number of nitrogens with one attached hydrogen (secondary N) is 1. The van der Waals surface area contributed by atoms with Gasteiger partial charge in [-0.1, -0.05) is 24.3 Å². The maximum Gasteiger partial charge on any atom is 0.229 e. The first-order valence-electron chi connectivity index (χ1n) is 9.30. The Morgan fingerprint density at radius 2 is 1.96 bits per heavy atom. The van der Waals surface area contributed by atoms with Crippen LogP contribution in [-0.2, 0) is 22.4 Å². The van der Waals surface area contributed by atoms with Crippen LogP contribution in [0.1, 0.15) is 17.5 Å². The smallest absolute Gasteiger partial charge is 0.229 e. The van der Waals surface area contributed by atoms with Crippen LogP contribution in [0.2, 0.25) is 0 Å². The lowest BCUT2D eigenvalue weighted by atomic mass is 10.0. The molecule has 1 aliphatic carbocycles. The summed E-state index contributed by atoms with van der Waals surface area (Å²) in [5.41, 5.74) is 3.58. The van der Waals surface area contributed by atoms with Crippen molar-refractivity contribution in [2.75, 3.05) is 39.0 Å². The number of carbonyl (C=O) groups excluding carboxylic acids is 2. The Kier molecular flexibility index (Phi) is 4.41. The summed E-state index contributed by atoms with van der Waals surface area (Å²) < 4.78 is 0. The van der Waals surface area contributed by atoms with Crippen LogP contribution in [0.25, 0.3) is 10.8 Å². The second-order valence-corrected chi connectivity index (χ2v) is 7.65. The summed E-state index contributed by atoms with van der Waals surface area (Å²) in [6, 6.07) is 10.4. The molecule has 0 saturated carbocycles. The van der Waals surface area contributed by atoms with Gasteiger partial charge in [-0.25, -0.2) is 0 Å². The number of rotatable bonds is 5. The molecular weight excluding hydrogens is 326 g/mol. The molecule has 4 rings (SSSR count). The molecule has 1 unspecified atom stereocenters. The van der Waals surface area contributed by atoms with Crippen LogP contribution in [-0.4, -0.2) is 55.3 Å². The van der Waals surface area contributed by atoms with E-state index >= 15 is 0 Å². The Balaban J connectivity index is 1.50. The predicted molar refractivity (Wildman–Crippen MR) is 103 cm³/mol. The first-order chi connectivity index (χ1) is 12.5. The van der Waals surface area contributed by atoms with Gasteiger partial charge in [-0.2, -0.15) is 0 Å². The molecule has 1 saturated heterocycles. The highest BCUT2D eigenvalue weighted by Gasteiger charge is 2.34. The molecular formula is C21H25N3O2. The average Bonchev–Trinajstić information content (AvgIpc) is 3.20. The van der Waals surface area contributed by atoms with Crippen molar-refractivity contribution >= 4 is 28.3 Å². The predicted octanol–water partition coefficient (Wildman–Crippen LogP) is 2.29.